The highest BCUT2D eigenvalue weighted by molar-refractivity contribution is 7.14. The number of rotatable bonds is 8. The minimum absolute atomic E-state index is 0.100. The number of carbonyl (C=O) groups excluding carboxylic acids is 2. The lowest BCUT2D eigenvalue weighted by Gasteiger charge is -2.19. The van der Waals surface area contributed by atoms with E-state index in [0.717, 1.165) is 11.4 Å². The zero-order valence-electron chi connectivity index (χ0n) is 19.4. The number of carbonyl (C=O) groups is 2. The Morgan fingerprint density at radius 1 is 1.09 bits per heavy atom. The summed E-state index contributed by atoms with van der Waals surface area (Å²) in [5, 5.41) is 5.16. The van der Waals surface area contributed by atoms with E-state index in [9.17, 15) is 9.59 Å². The zero-order valence-corrected chi connectivity index (χ0v) is 20.2. The van der Waals surface area contributed by atoms with Crippen molar-refractivity contribution in [1.82, 2.24) is 10.3 Å². The first kappa shape index (κ1) is 24.2. The number of benzene rings is 2. The van der Waals surface area contributed by atoms with Gasteiger partial charge in [-0.05, 0) is 41.3 Å². The first-order chi connectivity index (χ1) is 15.7. The summed E-state index contributed by atoms with van der Waals surface area (Å²) < 4.78 is 5.69. The molecular weight excluding hydrogens is 434 g/mol. The molecule has 0 bridgehead atoms. The molecule has 6 nitrogen and oxygen atoms in total. The van der Waals surface area contributed by atoms with Crippen molar-refractivity contribution in [2.45, 2.75) is 33.1 Å². The molecule has 0 radical (unpaired) electrons. The molecule has 0 unspecified atom stereocenters. The molecule has 3 aromatic rings. The molecule has 0 aliphatic carbocycles. The van der Waals surface area contributed by atoms with Crippen LogP contribution in [0.15, 0.2) is 66.1 Å². The van der Waals surface area contributed by atoms with Crippen molar-refractivity contribution in [2.75, 3.05) is 18.1 Å². The molecule has 172 valence electrons. The number of hydrogen-bond acceptors (Lipinski definition) is 5. The van der Waals surface area contributed by atoms with Crippen LogP contribution in [0, 0.1) is 0 Å². The number of amides is 2. The molecule has 1 aromatic heterocycles. The molecule has 0 aliphatic heterocycles. The van der Waals surface area contributed by atoms with E-state index in [1.807, 2.05) is 47.8 Å². The number of thiazole rings is 1. The van der Waals surface area contributed by atoms with Crippen LogP contribution in [0.5, 0.6) is 5.75 Å². The van der Waals surface area contributed by atoms with Crippen LogP contribution in [0.4, 0.5) is 10.8 Å². The molecule has 7 heteroatoms. The van der Waals surface area contributed by atoms with Crippen LogP contribution in [0.25, 0.3) is 6.08 Å². The maximum Gasteiger partial charge on any atom is 0.244 e. The van der Waals surface area contributed by atoms with E-state index in [1.165, 1.54) is 29.9 Å². The van der Waals surface area contributed by atoms with E-state index in [2.05, 4.69) is 43.2 Å². The third kappa shape index (κ3) is 7.02. The Morgan fingerprint density at radius 3 is 2.42 bits per heavy atom. The van der Waals surface area contributed by atoms with Gasteiger partial charge >= 0.3 is 0 Å². The molecule has 33 heavy (non-hydrogen) atoms. The van der Waals surface area contributed by atoms with Gasteiger partial charge in [0.15, 0.2) is 5.13 Å². The topological polar surface area (TPSA) is 71.5 Å². The third-order valence-corrected chi connectivity index (χ3v) is 5.67. The maximum atomic E-state index is 12.1. The number of hydrogen-bond donors (Lipinski definition) is 1. The van der Waals surface area contributed by atoms with E-state index in [-0.39, 0.29) is 17.2 Å². The van der Waals surface area contributed by atoms with Gasteiger partial charge in [0.25, 0.3) is 0 Å². The van der Waals surface area contributed by atoms with Crippen molar-refractivity contribution in [1.29, 1.82) is 0 Å². The molecule has 0 saturated carbocycles. The Labute approximate surface area is 198 Å². The van der Waals surface area contributed by atoms with Crippen molar-refractivity contribution in [3.8, 4) is 5.75 Å². The molecule has 2 amide bonds. The molecular formula is C26H29N3O3S. The fraction of sp³-hybridized carbons (Fsp3) is 0.269. The lowest BCUT2D eigenvalue weighted by atomic mass is 9.87. The molecule has 1 heterocycles. The average Bonchev–Trinajstić information content (AvgIpc) is 3.24. The van der Waals surface area contributed by atoms with Gasteiger partial charge in [0.2, 0.25) is 11.8 Å². The molecule has 0 fully saturated rings. The van der Waals surface area contributed by atoms with Gasteiger partial charge in [0.05, 0.1) is 17.9 Å². The first-order valence-corrected chi connectivity index (χ1v) is 11.6. The van der Waals surface area contributed by atoms with Crippen molar-refractivity contribution in [2.24, 2.45) is 0 Å². The summed E-state index contributed by atoms with van der Waals surface area (Å²) in [6.45, 7) is 8.76. The van der Waals surface area contributed by atoms with Crippen LogP contribution < -0.4 is 15.0 Å². The molecule has 3 rings (SSSR count). The molecule has 0 saturated heterocycles. The van der Waals surface area contributed by atoms with E-state index < -0.39 is 0 Å². The van der Waals surface area contributed by atoms with Gasteiger partial charge in [-0.2, -0.15) is 0 Å². The minimum atomic E-state index is -0.234. The number of nitrogens with one attached hydrogen (secondary N) is 1. The second-order valence-corrected chi connectivity index (χ2v) is 9.33. The Hall–Kier alpha value is -3.45. The van der Waals surface area contributed by atoms with Gasteiger partial charge in [0.1, 0.15) is 12.4 Å². The van der Waals surface area contributed by atoms with E-state index in [1.54, 1.807) is 11.0 Å². The SMILES string of the molecule is CC(=O)N(c1ccccc1)c1nc(/C=C/C(=O)NCCOc2ccc(C(C)(C)C)cc2)cs1. The Morgan fingerprint density at radius 2 is 1.79 bits per heavy atom. The quantitative estimate of drug-likeness (QED) is 0.362. The highest BCUT2D eigenvalue weighted by Gasteiger charge is 2.17. The monoisotopic (exact) mass is 463 g/mol. The van der Waals surface area contributed by atoms with Gasteiger partial charge in [-0.25, -0.2) is 4.98 Å². The van der Waals surface area contributed by atoms with Crippen LogP contribution in [0.1, 0.15) is 39.0 Å². The Bertz CT molecular complexity index is 1100. The summed E-state index contributed by atoms with van der Waals surface area (Å²) in [7, 11) is 0. The summed E-state index contributed by atoms with van der Waals surface area (Å²) in [4.78, 5) is 30.3. The highest BCUT2D eigenvalue weighted by Crippen LogP contribution is 2.29. The third-order valence-electron chi connectivity index (χ3n) is 4.83. The molecule has 2 aromatic carbocycles. The summed E-state index contributed by atoms with van der Waals surface area (Å²) >= 11 is 1.34. The Balaban J connectivity index is 1.48. The van der Waals surface area contributed by atoms with Crippen LogP contribution in [-0.4, -0.2) is 29.9 Å². The van der Waals surface area contributed by atoms with Gasteiger partial charge in [-0.15, -0.1) is 11.3 Å². The molecule has 0 spiro atoms. The number of nitrogens with zero attached hydrogens (tertiary/aromatic N) is 2. The zero-order chi connectivity index (χ0) is 23.8. The predicted molar refractivity (Wildman–Crippen MR) is 134 cm³/mol. The van der Waals surface area contributed by atoms with Crippen molar-refractivity contribution < 1.29 is 14.3 Å². The minimum Gasteiger partial charge on any atom is -0.492 e. The van der Waals surface area contributed by atoms with Gasteiger partial charge < -0.3 is 10.1 Å². The van der Waals surface area contributed by atoms with E-state index in [4.69, 9.17) is 4.74 Å². The standard InChI is InChI=1S/C26H29N3O3S/c1-19(30)29(22-8-6-5-7-9-22)25-28-21(18-33-25)12-15-24(31)27-16-17-32-23-13-10-20(11-14-23)26(2,3)4/h5-15,18H,16-17H2,1-4H3,(H,27,31)/b15-12+. The number of para-hydroxylation sites is 1. The van der Waals surface area contributed by atoms with Crippen LogP contribution in [-0.2, 0) is 15.0 Å². The average molecular weight is 464 g/mol. The van der Waals surface area contributed by atoms with Crippen LogP contribution >= 0.6 is 11.3 Å². The second-order valence-electron chi connectivity index (χ2n) is 8.49. The maximum absolute atomic E-state index is 12.1. The van der Waals surface area contributed by atoms with Gasteiger partial charge in [-0.3, -0.25) is 14.5 Å². The van der Waals surface area contributed by atoms with Gasteiger partial charge in [-0.1, -0.05) is 51.1 Å². The van der Waals surface area contributed by atoms with Gasteiger partial charge in [0, 0.05) is 18.4 Å². The summed E-state index contributed by atoms with van der Waals surface area (Å²) in [6.07, 6.45) is 3.06. The number of anilines is 2. The number of ether oxygens (including phenoxy) is 1. The Kier molecular flexibility index (Phi) is 8.01. The number of aromatic nitrogens is 1. The van der Waals surface area contributed by atoms with Crippen molar-refractivity contribution in [3.05, 3.63) is 77.3 Å². The molecule has 1 N–H and O–H groups in total. The fourth-order valence-corrected chi connectivity index (χ4v) is 3.93. The van der Waals surface area contributed by atoms with E-state index >= 15 is 0 Å². The van der Waals surface area contributed by atoms with Crippen molar-refractivity contribution in [3.63, 3.8) is 0 Å². The summed E-state index contributed by atoms with van der Waals surface area (Å²) in [6, 6.07) is 17.4. The molecule has 0 aliphatic rings. The van der Waals surface area contributed by atoms with E-state index in [0.29, 0.717) is 24.0 Å². The molecule has 0 atom stereocenters. The largest absolute Gasteiger partial charge is 0.492 e. The fourth-order valence-electron chi connectivity index (χ4n) is 3.07. The lowest BCUT2D eigenvalue weighted by molar-refractivity contribution is -0.117. The smallest absolute Gasteiger partial charge is 0.244 e. The summed E-state index contributed by atoms with van der Waals surface area (Å²) in [5.41, 5.74) is 2.71. The highest BCUT2D eigenvalue weighted by atomic mass is 32.1. The van der Waals surface area contributed by atoms with Crippen molar-refractivity contribution >= 4 is 40.0 Å². The normalized spacial score (nSPS) is 11.4. The van der Waals surface area contributed by atoms with Crippen LogP contribution in [0.3, 0.4) is 0 Å². The first-order valence-electron chi connectivity index (χ1n) is 10.7. The van der Waals surface area contributed by atoms with Crippen LogP contribution in [0.2, 0.25) is 0 Å². The predicted octanol–water partition coefficient (Wildman–Crippen LogP) is 5.33. The lowest BCUT2D eigenvalue weighted by Crippen LogP contribution is -2.26. The second kappa shape index (κ2) is 10.9. The summed E-state index contributed by atoms with van der Waals surface area (Å²) in [5.74, 6) is 0.413.